The highest BCUT2D eigenvalue weighted by molar-refractivity contribution is 6.05. The number of carbonyl (C=O) groups excluding carboxylic acids is 1. The highest BCUT2D eigenvalue weighted by Crippen LogP contribution is 2.19. The van der Waals surface area contributed by atoms with Crippen LogP contribution in [0.5, 0.6) is 0 Å². The second kappa shape index (κ2) is 5.09. The normalized spacial score (nSPS) is 16.6. The molecule has 2 N–H and O–H groups in total. The Hall–Kier alpha value is -2.14. The zero-order chi connectivity index (χ0) is 14.1. The average Bonchev–Trinajstić information content (AvgIpc) is 2.46. The molecule has 0 saturated carbocycles. The fourth-order valence-corrected chi connectivity index (χ4v) is 2.62. The molecule has 5 nitrogen and oxygen atoms in total. The summed E-state index contributed by atoms with van der Waals surface area (Å²) in [4.78, 5) is 28.7. The third-order valence-corrected chi connectivity index (χ3v) is 3.73. The molecule has 1 aromatic heterocycles. The van der Waals surface area contributed by atoms with Gasteiger partial charge in [-0.1, -0.05) is 18.2 Å². The highest BCUT2D eigenvalue weighted by Gasteiger charge is 2.23. The maximum atomic E-state index is 12.6. The SMILES string of the molecule is O=C(c1cc(=O)[nH]c2ccccc12)N1CCC(O)CC1. The summed E-state index contributed by atoms with van der Waals surface area (Å²) in [5, 5.41) is 10.3. The van der Waals surface area contributed by atoms with Crippen LogP contribution in [-0.4, -0.2) is 40.1 Å². The molecule has 1 aliphatic rings. The summed E-state index contributed by atoms with van der Waals surface area (Å²) in [5.41, 5.74) is 0.824. The molecule has 2 aromatic rings. The predicted octanol–water partition coefficient (Wildman–Crippen LogP) is 1.12. The minimum absolute atomic E-state index is 0.140. The number of nitrogens with one attached hydrogen (secondary N) is 1. The van der Waals surface area contributed by atoms with Crippen LogP contribution in [-0.2, 0) is 0 Å². The number of aromatic nitrogens is 1. The van der Waals surface area contributed by atoms with Crippen molar-refractivity contribution in [1.82, 2.24) is 9.88 Å². The highest BCUT2D eigenvalue weighted by atomic mass is 16.3. The number of para-hydroxylation sites is 1. The van der Waals surface area contributed by atoms with Gasteiger partial charge >= 0.3 is 0 Å². The number of carbonyl (C=O) groups is 1. The van der Waals surface area contributed by atoms with Crippen LogP contribution in [0.3, 0.4) is 0 Å². The molecule has 1 fully saturated rings. The van der Waals surface area contributed by atoms with Crippen molar-refractivity contribution in [1.29, 1.82) is 0 Å². The maximum absolute atomic E-state index is 12.6. The van der Waals surface area contributed by atoms with Gasteiger partial charge in [-0.05, 0) is 18.9 Å². The van der Waals surface area contributed by atoms with Gasteiger partial charge in [-0.2, -0.15) is 0 Å². The molecule has 20 heavy (non-hydrogen) atoms. The van der Waals surface area contributed by atoms with E-state index in [1.165, 1.54) is 6.07 Å². The van der Waals surface area contributed by atoms with Gasteiger partial charge < -0.3 is 15.0 Å². The fraction of sp³-hybridized carbons (Fsp3) is 0.333. The number of likely N-dealkylation sites (tertiary alicyclic amines) is 1. The standard InChI is InChI=1S/C15H16N2O3/c18-10-5-7-17(8-6-10)15(20)12-9-14(19)16-13-4-2-1-3-11(12)13/h1-4,9-10,18H,5-8H2,(H,16,19). The Morgan fingerprint density at radius 1 is 1.25 bits per heavy atom. The van der Waals surface area contributed by atoms with Crippen molar-refractivity contribution in [3.8, 4) is 0 Å². The number of fused-ring (bicyclic) bond motifs is 1. The van der Waals surface area contributed by atoms with Crippen LogP contribution in [0.4, 0.5) is 0 Å². The van der Waals surface area contributed by atoms with Crippen molar-refractivity contribution >= 4 is 16.8 Å². The molecule has 0 radical (unpaired) electrons. The number of aromatic amines is 1. The Morgan fingerprint density at radius 2 is 1.95 bits per heavy atom. The van der Waals surface area contributed by atoms with E-state index in [-0.39, 0.29) is 17.6 Å². The van der Waals surface area contributed by atoms with E-state index in [9.17, 15) is 14.7 Å². The molecule has 5 heteroatoms. The number of nitrogens with zero attached hydrogens (tertiary/aromatic N) is 1. The molecule has 1 aromatic carbocycles. The van der Waals surface area contributed by atoms with E-state index in [2.05, 4.69) is 4.98 Å². The Labute approximate surface area is 115 Å². The molecule has 1 saturated heterocycles. The number of amides is 1. The molecule has 3 rings (SSSR count). The number of pyridine rings is 1. The molecule has 0 atom stereocenters. The van der Waals surface area contributed by atoms with Crippen LogP contribution in [0.1, 0.15) is 23.2 Å². The first kappa shape index (κ1) is 12.9. The van der Waals surface area contributed by atoms with Gasteiger partial charge in [0.25, 0.3) is 5.91 Å². The zero-order valence-corrected chi connectivity index (χ0v) is 11.0. The summed E-state index contributed by atoms with van der Waals surface area (Å²) >= 11 is 0. The number of hydrogen-bond acceptors (Lipinski definition) is 3. The van der Waals surface area contributed by atoms with E-state index in [0.29, 0.717) is 37.0 Å². The molecular formula is C15H16N2O3. The number of benzene rings is 1. The summed E-state index contributed by atoms with van der Waals surface area (Å²) in [6.07, 6.45) is 0.856. The fourth-order valence-electron chi connectivity index (χ4n) is 2.62. The first-order valence-corrected chi connectivity index (χ1v) is 6.74. The van der Waals surface area contributed by atoms with Crippen molar-refractivity contribution in [3.63, 3.8) is 0 Å². The second-order valence-corrected chi connectivity index (χ2v) is 5.12. The van der Waals surface area contributed by atoms with Gasteiger partial charge in [-0.25, -0.2) is 0 Å². The van der Waals surface area contributed by atoms with E-state index >= 15 is 0 Å². The van der Waals surface area contributed by atoms with Crippen LogP contribution in [0.15, 0.2) is 35.1 Å². The molecule has 104 valence electrons. The summed E-state index contributed by atoms with van der Waals surface area (Å²) in [6.45, 7) is 1.06. The number of H-pyrrole nitrogens is 1. The maximum Gasteiger partial charge on any atom is 0.254 e. The third kappa shape index (κ3) is 2.32. The van der Waals surface area contributed by atoms with Crippen LogP contribution in [0.2, 0.25) is 0 Å². The number of rotatable bonds is 1. The number of aliphatic hydroxyl groups is 1. The van der Waals surface area contributed by atoms with E-state index in [1.54, 1.807) is 11.0 Å². The van der Waals surface area contributed by atoms with Gasteiger partial charge in [-0.15, -0.1) is 0 Å². The van der Waals surface area contributed by atoms with Crippen molar-refractivity contribution < 1.29 is 9.90 Å². The molecular weight excluding hydrogens is 256 g/mol. The van der Waals surface area contributed by atoms with Crippen molar-refractivity contribution in [2.24, 2.45) is 0 Å². The van der Waals surface area contributed by atoms with Gasteiger partial charge in [0.05, 0.1) is 11.7 Å². The summed E-state index contributed by atoms with van der Waals surface area (Å²) < 4.78 is 0. The van der Waals surface area contributed by atoms with Crippen LogP contribution < -0.4 is 5.56 Å². The second-order valence-electron chi connectivity index (χ2n) is 5.12. The largest absolute Gasteiger partial charge is 0.393 e. The predicted molar refractivity (Wildman–Crippen MR) is 75.7 cm³/mol. The molecule has 0 aliphatic carbocycles. The first-order chi connectivity index (χ1) is 9.65. The van der Waals surface area contributed by atoms with E-state index in [0.717, 1.165) is 5.39 Å². The lowest BCUT2D eigenvalue weighted by atomic mass is 10.0. The zero-order valence-electron chi connectivity index (χ0n) is 11.0. The van der Waals surface area contributed by atoms with Crippen molar-refractivity contribution in [2.75, 3.05) is 13.1 Å². The molecule has 0 spiro atoms. The lowest BCUT2D eigenvalue weighted by Crippen LogP contribution is -2.40. The van der Waals surface area contributed by atoms with Crippen molar-refractivity contribution in [2.45, 2.75) is 18.9 Å². The summed E-state index contributed by atoms with van der Waals surface area (Å²) in [5.74, 6) is -0.140. The number of aliphatic hydroxyl groups excluding tert-OH is 1. The topological polar surface area (TPSA) is 73.4 Å². The van der Waals surface area contributed by atoms with E-state index in [4.69, 9.17) is 0 Å². The number of hydrogen-bond donors (Lipinski definition) is 2. The number of piperidine rings is 1. The molecule has 0 bridgehead atoms. The summed E-state index contributed by atoms with van der Waals surface area (Å²) in [6, 6.07) is 8.64. The quantitative estimate of drug-likeness (QED) is 0.817. The molecule has 1 aliphatic heterocycles. The summed E-state index contributed by atoms with van der Waals surface area (Å²) in [7, 11) is 0. The van der Waals surface area contributed by atoms with Crippen LogP contribution in [0, 0.1) is 0 Å². The van der Waals surface area contributed by atoms with Crippen LogP contribution in [0.25, 0.3) is 10.9 Å². The van der Waals surface area contributed by atoms with Gasteiger partial charge in [0, 0.05) is 30.1 Å². The van der Waals surface area contributed by atoms with E-state index < -0.39 is 0 Å². The van der Waals surface area contributed by atoms with Gasteiger partial charge in [0.2, 0.25) is 5.56 Å². The lowest BCUT2D eigenvalue weighted by molar-refractivity contribution is 0.0548. The van der Waals surface area contributed by atoms with Crippen molar-refractivity contribution in [3.05, 3.63) is 46.2 Å². The van der Waals surface area contributed by atoms with E-state index in [1.807, 2.05) is 18.2 Å². The Balaban J connectivity index is 2.01. The minimum Gasteiger partial charge on any atom is -0.393 e. The molecule has 1 amide bonds. The lowest BCUT2D eigenvalue weighted by Gasteiger charge is -2.29. The Kier molecular flexibility index (Phi) is 3.28. The molecule has 0 unspecified atom stereocenters. The third-order valence-electron chi connectivity index (χ3n) is 3.73. The van der Waals surface area contributed by atoms with Gasteiger partial charge in [0.1, 0.15) is 0 Å². The Morgan fingerprint density at radius 3 is 2.70 bits per heavy atom. The average molecular weight is 272 g/mol. The monoisotopic (exact) mass is 272 g/mol. The smallest absolute Gasteiger partial charge is 0.254 e. The first-order valence-electron chi connectivity index (χ1n) is 6.74. The molecule has 2 heterocycles. The van der Waals surface area contributed by atoms with Gasteiger partial charge in [-0.3, -0.25) is 9.59 Å². The Bertz CT molecular complexity index is 700. The van der Waals surface area contributed by atoms with Gasteiger partial charge in [0.15, 0.2) is 0 Å². The minimum atomic E-state index is -0.324. The van der Waals surface area contributed by atoms with Crippen LogP contribution >= 0.6 is 0 Å².